The molecule has 2 atom stereocenters. The summed E-state index contributed by atoms with van der Waals surface area (Å²) in [6.07, 6.45) is 1.60. The maximum Gasteiger partial charge on any atom is 0.119 e. The molecule has 0 heterocycles. The van der Waals surface area contributed by atoms with Crippen molar-refractivity contribution in [2.24, 2.45) is 5.41 Å². The number of aryl methyl sites for hydroxylation is 1. The topological polar surface area (TPSA) is 32.7 Å². The molecule has 112 valence electrons. The van der Waals surface area contributed by atoms with E-state index in [1.165, 1.54) is 5.56 Å². The molecule has 3 nitrogen and oxygen atoms in total. The van der Waals surface area contributed by atoms with E-state index >= 15 is 0 Å². The molecule has 0 saturated heterocycles. The summed E-state index contributed by atoms with van der Waals surface area (Å²) >= 11 is 0. The summed E-state index contributed by atoms with van der Waals surface area (Å²) in [4.78, 5) is 2.30. The van der Waals surface area contributed by atoms with Crippen LogP contribution >= 0.6 is 0 Å². The van der Waals surface area contributed by atoms with Crippen LogP contribution in [-0.2, 0) is 6.42 Å². The standard InChI is InChI=1S/C17H27NO2/c1-17(2,3)11-18(4)15-9-7-12-6-8-13(20-5)10-14(12)16(15)19/h6,8,10,15-16,19H,7,9,11H2,1-5H3. The van der Waals surface area contributed by atoms with Gasteiger partial charge in [-0.15, -0.1) is 0 Å². The Balaban J connectivity index is 2.19. The van der Waals surface area contributed by atoms with Gasteiger partial charge in [-0.1, -0.05) is 26.8 Å². The number of likely N-dealkylation sites (N-methyl/N-ethyl adjacent to an activating group) is 1. The minimum absolute atomic E-state index is 0.189. The Hall–Kier alpha value is -1.06. The fraction of sp³-hybridized carbons (Fsp3) is 0.647. The second kappa shape index (κ2) is 5.74. The monoisotopic (exact) mass is 277 g/mol. The van der Waals surface area contributed by atoms with E-state index in [-0.39, 0.29) is 11.5 Å². The first kappa shape index (κ1) is 15.3. The number of benzene rings is 1. The summed E-state index contributed by atoms with van der Waals surface area (Å²) in [5.41, 5.74) is 2.52. The van der Waals surface area contributed by atoms with Gasteiger partial charge >= 0.3 is 0 Å². The molecule has 0 saturated carbocycles. The fourth-order valence-electron chi connectivity index (χ4n) is 3.20. The van der Waals surface area contributed by atoms with Crippen LogP contribution in [0.1, 0.15) is 44.4 Å². The van der Waals surface area contributed by atoms with E-state index in [1.54, 1.807) is 7.11 Å². The van der Waals surface area contributed by atoms with Crippen LogP contribution in [0.25, 0.3) is 0 Å². The predicted molar refractivity (Wildman–Crippen MR) is 82.1 cm³/mol. The highest BCUT2D eigenvalue weighted by atomic mass is 16.5. The molecule has 3 heteroatoms. The van der Waals surface area contributed by atoms with E-state index in [1.807, 2.05) is 12.1 Å². The molecule has 0 aromatic heterocycles. The number of fused-ring (bicyclic) bond motifs is 1. The van der Waals surface area contributed by atoms with Gasteiger partial charge in [0.25, 0.3) is 0 Å². The summed E-state index contributed by atoms with van der Waals surface area (Å²) < 4.78 is 5.28. The van der Waals surface area contributed by atoms with Crippen LogP contribution < -0.4 is 4.74 Å². The lowest BCUT2D eigenvalue weighted by molar-refractivity contribution is 0.0346. The molecule has 20 heavy (non-hydrogen) atoms. The molecule has 0 bridgehead atoms. The minimum atomic E-state index is -0.429. The molecule has 1 aromatic rings. The summed E-state index contributed by atoms with van der Waals surface area (Å²) in [6, 6.07) is 6.23. The van der Waals surface area contributed by atoms with Gasteiger partial charge < -0.3 is 9.84 Å². The summed E-state index contributed by atoms with van der Waals surface area (Å²) in [5.74, 6) is 0.821. The molecule has 1 aliphatic rings. The number of hydrogen-bond donors (Lipinski definition) is 1. The molecule has 0 radical (unpaired) electrons. The van der Waals surface area contributed by atoms with Crippen LogP contribution in [0.15, 0.2) is 18.2 Å². The van der Waals surface area contributed by atoms with Crippen molar-refractivity contribution in [2.45, 2.75) is 45.8 Å². The van der Waals surface area contributed by atoms with Crippen LogP contribution in [0.4, 0.5) is 0 Å². The van der Waals surface area contributed by atoms with Crippen molar-refractivity contribution in [3.8, 4) is 5.75 Å². The van der Waals surface area contributed by atoms with Crippen molar-refractivity contribution in [1.29, 1.82) is 0 Å². The van der Waals surface area contributed by atoms with Crippen molar-refractivity contribution in [1.82, 2.24) is 4.90 Å². The zero-order valence-corrected chi connectivity index (χ0v) is 13.3. The molecule has 0 amide bonds. The lowest BCUT2D eigenvalue weighted by Gasteiger charge is -2.39. The zero-order valence-electron chi connectivity index (χ0n) is 13.3. The Morgan fingerprint density at radius 1 is 1.35 bits per heavy atom. The van der Waals surface area contributed by atoms with Gasteiger partial charge in [0.2, 0.25) is 0 Å². The van der Waals surface area contributed by atoms with Crippen molar-refractivity contribution >= 4 is 0 Å². The third-order valence-corrected chi connectivity index (χ3v) is 4.04. The summed E-state index contributed by atoms with van der Waals surface area (Å²) in [6.45, 7) is 7.68. The van der Waals surface area contributed by atoms with E-state index < -0.39 is 6.10 Å². The first-order valence-corrected chi connectivity index (χ1v) is 7.37. The first-order chi connectivity index (χ1) is 9.31. The molecule has 0 aliphatic heterocycles. The molecule has 0 fully saturated rings. The predicted octanol–water partition coefficient (Wildman–Crippen LogP) is 3.02. The van der Waals surface area contributed by atoms with Gasteiger partial charge in [0.15, 0.2) is 0 Å². The van der Waals surface area contributed by atoms with Crippen molar-refractivity contribution in [3.63, 3.8) is 0 Å². The van der Waals surface area contributed by atoms with Crippen molar-refractivity contribution in [3.05, 3.63) is 29.3 Å². The lowest BCUT2D eigenvalue weighted by atomic mass is 9.84. The fourth-order valence-corrected chi connectivity index (χ4v) is 3.20. The van der Waals surface area contributed by atoms with Crippen LogP contribution in [-0.4, -0.2) is 36.8 Å². The Bertz CT molecular complexity index is 465. The van der Waals surface area contributed by atoms with Crippen LogP contribution in [0.3, 0.4) is 0 Å². The highest BCUT2D eigenvalue weighted by Gasteiger charge is 2.32. The van der Waals surface area contributed by atoms with Gasteiger partial charge in [0, 0.05) is 12.6 Å². The van der Waals surface area contributed by atoms with E-state index in [2.05, 4.69) is 38.8 Å². The van der Waals surface area contributed by atoms with Gasteiger partial charge in [-0.25, -0.2) is 0 Å². The highest BCUT2D eigenvalue weighted by molar-refractivity contribution is 5.39. The third-order valence-electron chi connectivity index (χ3n) is 4.04. The highest BCUT2D eigenvalue weighted by Crippen LogP contribution is 2.35. The second-order valence-electron chi connectivity index (χ2n) is 7.09. The molecule has 0 spiro atoms. The van der Waals surface area contributed by atoms with Gasteiger partial charge in [0.1, 0.15) is 5.75 Å². The number of methoxy groups -OCH3 is 1. The molecule has 1 aliphatic carbocycles. The van der Waals surface area contributed by atoms with E-state index in [9.17, 15) is 5.11 Å². The summed E-state index contributed by atoms with van der Waals surface area (Å²) in [7, 11) is 3.78. The number of nitrogens with zero attached hydrogens (tertiary/aromatic N) is 1. The van der Waals surface area contributed by atoms with Crippen LogP contribution in [0.5, 0.6) is 5.75 Å². The van der Waals surface area contributed by atoms with Gasteiger partial charge in [-0.3, -0.25) is 4.90 Å². The number of hydrogen-bond acceptors (Lipinski definition) is 3. The Morgan fingerprint density at radius 2 is 2.05 bits per heavy atom. The van der Waals surface area contributed by atoms with E-state index in [0.717, 1.165) is 30.7 Å². The van der Waals surface area contributed by atoms with Gasteiger partial charge in [-0.2, -0.15) is 0 Å². The molecule has 2 rings (SSSR count). The van der Waals surface area contributed by atoms with Gasteiger partial charge in [-0.05, 0) is 48.6 Å². The second-order valence-corrected chi connectivity index (χ2v) is 7.09. The number of aliphatic hydroxyl groups excluding tert-OH is 1. The third kappa shape index (κ3) is 3.33. The number of ether oxygens (including phenoxy) is 1. The smallest absolute Gasteiger partial charge is 0.119 e. The largest absolute Gasteiger partial charge is 0.497 e. The Kier molecular flexibility index (Phi) is 4.40. The maximum absolute atomic E-state index is 10.7. The van der Waals surface area contributed by atoms with Gasteiger partial charge in [0.05, 0.1) is 13.2 Å². The molecule has 2 unspecified atom stereocenters. The number of aliphatic hydroxyl groups is 1. The van der Waals surface area contributed by atoms with Crippen LogP contribution in [0.2, 0.25) is 0 Å². The normalized spacial score (nSPS) is 22.8. The molecular weight excluding hydrogens is 250 g/mol. The average molecular weight is 277 g/mol. The minimum Gasteiger partial charge on any atom is -0.497 e. The Morgan fingerprint density at radius 3 is 2.65 bits per heavy atom. The first-order valence-electron chi connectivity index (χ1n) is 7.37. The Labute approximate surface area is 122 Å². The SMILES string of the molecule is COc1ccc2c(c1)C(O)C(N(C)CC(C)(C)C)CC2. The lowest BCUT2D eigenvalue weighted by Crippen LogP contribution is -2.43. The molecule has 1 N–H and O–H groups in total. The van der Waals surface area contributed by atoms with E-state index in [0.29, 0.717) is 0 Å². The molecule has 1 aromatic carbocycles. The average Bonchev–Trinajstić information content (AvgIpc) is 2.36. The van der Waals surface area contributed by atoms with Crippen molar-refractivity contribution < 1.29 is 9.84 Å². The zero-order chi connectivity index (χ0) is 14.9. The van der Waals surface area contributed by atoms with Crippen molar-refractivity contribution in [2.75, 3.05) is 20.7 Å². The quantitative estimate of drug-likeness (QED) is 0.922. The number of rotatable bonds is 3. The van der Waals surface area contributed by atoms with E-state index in [4.69, 9.17) is 4.74 Å². The molecular formula is C17H27NO2. The summed E-state index contributed by atoms with van der Waals surface area (Å²) in [5, 5.41) is 10.7. The maximum atomic E-state index is 10.7. The van der Waals surface area contributed by atoms with Crippen LogP contribution in [0, 0.1) is 5.41 Å².